The lowest BCUT2D eigenvalue weighted by Crippen LogP contribution is -2.36. The van der Waals surface area contributed by atoms with Crippen molar-refractivity contribution in [3.8, 4) is 11.1 Å². The van der Waals surface area contributed by atoms with Gasteiger partial charge in [0.1, 0.15) is 0 Å². The maximum atomic E-state index is 5.86. The van der Waals surface area contributed by atoms with Gasteiger partial charge in [0.15, 0.2) is 0 Å². The number of hydrogen-bond donors (Lipinski definition) is 1. The summed E-state index contributed by atoms with van der Waals surface area (Å²) in [6.07, 6.45) is 8.16. The molecule has 1 aliphatic rings. The topological polar surface area (TPSA) is 47.0 Å². The van der Waals surface area contributed by atoms with E-state index in [0.717, 1.165) is 40.6 Å². The van der Waals surface area contributed by atoms with Gasteiger partial charge < -0.3 is 10.1 Å². The molecule has 4 nitrogen and oxygen atoms in total. The molecule has 1 N–H and O–H groups in total. The summed E-state index contributed by atoms with van der Waals surface area (Å²) in [5.74, 6) is 0. The standard InChI is InChI=1S/C21H23N3O/c1-14-11-17(12-15(2)25-14)24-20-8-7-18(16-5-3-9-22-13-16)19-6-4-10-23-21(19)20/h3-10,13-15,17,24H,11-12H2,1-2H3/t14-,15+,17?. The Balaban J connectivity index is 1.72. The molecule has 2 aromatic heterocycles. The largest absolute Gasteiger partial charge is 0.380 e. The van der Waals surface area contributed by atoms with Gasteiger partial charge in [-0.25, -0.2) is 0 Å². The molecular formula is C21H23N3O. The smallest absolute Gasteiger partial charge is 0.0939 e. The summed E-state index contributed by atoms with van der Waals surface area (Å²) in [4.78, 5) is 8.91. The minimum absolute atomic E-state index is 0.287. The molecule has 0 aliphatic carbocycles. The summed E-state index contributed by atoms with van der Waals surface area (Å²) in [5.41, 5.74) is 4.38. The molecule has 1 aliphatic heterocycles. The molecular weight excluding hydrogens is 310 g/mol. The highest BCUT2D eigenvalue weighted by atomic mass is 16.5. The first-order valence-corrected chi connectivity index (χ1v) is 8.91. The highest BCUT2D eigenvalue weighted by Gasteiger charge is 2.24. The fourth-order valence-electron chi connectivity index (χ4n) is 3.81. The third-order valence-corrected chi connectivity index (χ3v) is 4.80. The van der Waals surface area contributed by atoms with Gasteiger partial charge in [-0.3, -0.25) is 9.97 Å². The quantitative estimate of drug-likeness (QED) is 0.757. The van der Waals surface area contributed by atoms with Crippen molar-refractivity contribution in [3.63, 3.8) is 0 Å². The predicted octanol–water partition coefficient (Wildman–Crippen LogP) is 4.66. The molecule has 25 heavy (non-hydrogen) atoms. The van der Waals surface area contributed by atoms with Crippen LogP contribution in [-0.2, 0) is 4.74 Å². The molecule has 4 heteroatoms. The molecule has 1 saturated heterocycles. The van der Waals surface area contributed by atoms with Crippen molar-refractivity contribution in [2.24, 2.45) is 0 Å². The monoisotopic (exact) mass is 333 g/mol. The third kappa shape index (κ3) is 3.35. The Labute approximate surface area is 148 Å². The Kier molecular flexibility index (Phi) is 4.36. The van der Waals surface area contributed by atoms with Crippen LogP contribution >= 0.6 is 0 Å². The first-order valence-electron chi connectivity index (χ1n) is 8.91. The lowest BCUT2D eigenvalue weighted by Gasteiger charge is -2.33. The summed E-state index contributed by atoms with van der Waals surface area (Å²) >= 11 is 0. The van der Waals surface area contributed by atoms with Gasteiger partial charge in [-0.05, 0) is 50.5 Å². The third-order valence-electron chi connectivity index (χ3n) is 4.80. The number of anilines is 1. The summed E-state index contributed by atoms with van der Waals surface area (Å²) in [6.45, 7) is 4.29. The number of aromatic nitrogens is 2. The number of rotatable bonds is 3. The summed E-state index contributed by atoms with van der Waals surface area (Å²) < 4.78 is 5.86. The molecule has 1 unspecified atom stereocenters. The van der Waals surface area contributed by atoms with Crippen molar-refractivity contribution in [1.82, 2.24) is 9.97 Å². The Morgan fingerprint density at radius 1 is 1.00 bits per heavy atom. The van der Waals surface area contributed by atoms with Crippen LogP contribution in [0.25, 0.3) is 22.0 Å². The van der Waals surface area contributed by atoms with Gasteiger partial charge in [0, 0.05) is 35.6 Å². The Morgan fingerprint density at radius 3 is 2.56 bits per heavy atom. The number of hydrogen-bond acceptors (Lipinski definition) is 4. The van der Waals surface area contributed by atoms with Crippen LogP contribution in [0.15, 0.2) is 55.0 Å². The van der Waals surface area contributed by atoms with E-state index in [1.165, 1.54) is 0 Å². The number of pyridine rings is 2. The van der Waals surface area contributed by atoms with E-state index in [1.807, 2.05) is 24.5 Å². The van der Waals surface area contributed by atoms with Crippen LogP contribution in [0.2, 0.25) is 0 Å². The molecule has 0 saturated carbocycles. The van der Waals surface area contributed by atoms with Crippen LogP contribution < -0.4 is 5.32 Å². The average molecular weight is 333 g/mol. The average Bonchev–Trinajstić information content (AvgIpc) is 2.62. The van der Waals surface area contributed by atoms with Crippen molar-refractivity contribution >= 4 is 16.6 Å². The van der Waals surface area contributed by atoms with E-state index in [9.17, 15) is 0 Å². The van der Waals surface area contributed by atoms with Crippen molar-refractivity contribution in [2.45, 2.75) is 44.9 Å². The minimum Gasteiger partial charge on any atom is -0.380 e. The Morgan fingerprint density at radius 2 is 1.80 bits per heavy atom. The summed E-state index contributed by atoms with van der Waals surface area (Å²) in [7, 11) is 0. The molecule has 0 radical (unpaired) electrons. The Hall–Kier alpha value is -2.46. The van der Waals surface area contributed by atoms with Crippen LogP contribution in [0.1, 0.15) is 26.7 Å². The van der Waals surface area contributed by atoms with E-state index in [4.69, 9.17) is 4.74 Å². The van der Waals surface area contributed by atoms with Gasteiger partial charge in [-0.2, -0.15) is 0 Å². The van der Waals surface area contributed by atoms with Gasteiger partial charge in [0.25, 0.3) is 0 Å². The second-order valence-corrected chi connectivity index (χ2v) is 6.87. The molecule has 3 aromatic rings. The summed E-state index contributed by atoms with van der Waals surface area (Å²) in [6, 6.07) is 12.9. The first kappa shape index (κ1) is 16.0. The number of benzene rings is 1. The zero-order valence-electron chi connectivity index (χ0n) is 14.6. The second-order valence-electron chi connectivity index (χ2n) is 6.87. The second kappa shape index (κ2) is 6.81. The van der Waals surface area contributed by atoms with Crippen molar-refractivity contribution in [3.05, 3.63) is 55.0 Å². The molecule has 0 bridgehead atoms. The first-order chi connectivity index (χ1) is 12.2. The normalized spacial score (nSPS) is 23.5. The number of nitrogens with zero attached hydrogens (tertiary/aromatic N) is 2. The van der Waals surface area contributed by atoms with Crippen LogP contribution in [0.5, 0.6) is 0 Å². The lowest BCUT2D eigenvalue weighted by atomic mass is 9.98. The maximum Gasteiger partial charge on any atom is 0.0939 e. The maximum absolute atomic E-state index is 5.86. The molecule has 0 amide bonds. The van der Waals surface area contributed by atoms with Crippen molar-refractivity contribution < 1.29 is 4.74 Å². The van der Waals surface area contributed by atoms with E-state index in [1.54, 1.807) is 6.20 Å². The summed E-state index contributed by atoms with van der Waals surface area (Å²) in [5, 5.41) is 4.85. The number of fused-ring (bicyclic) bond motifs is 1. The zero-order chi connectivity index (χ0) is 17.2. The van der Waals surface area contributed by atoms with E-state index in [-0.39, 0.29) is 12.2 Å². The highest BCUT2D eigenvalue weighted by Crippen LogP contribution is 2.33. The fraction of sp³-hybridized carbons (Fsp3) is 0.333. The zero-order valence-corrected chi connectivity index (χ0v) is 14.6. The molecule has 128 valence electrons. The van der Waals surface area contributed by atoms with Crippen LogP contribution in [-0.4, -0.2) is 28.2 Å². The van der Waals surface area contributed by atoms with E-state index >= 15 is 0 Å². The predicted molar refractivity (Wildman–Crippen MR) is 102 cm³/mol. The number of ether oxygens (including phenoxy) is 1. The van der Waals surface area contributed by atoms with Gasteiger partial charge >= 0.3 is 0 Å². The number of nitrogens with one attached hydrogen (secondary N) is 1. The van der Waals surface area contributed by atoms with Gasteiger partial charge in [-0.15, -0.1) is 0 Å². The molecule has 1 aromatic carbocycles. The van der Waals surface area contributed by atoms with Gasteiger partial charge in [-0.1, -0.05) is 18.2 Å². The molecule has 1 fully saturated rings. The van der Waals surface area contributed by atoms with Crippen molar-refractivity contribution in [2.75, 3.05) is 5.32 Å². The van der Waals surface area contributed by atoms with E-state index < -0.39 is 0 Å². The van der Waals surface area contributed by atoms with Crippen LogP contribution in [0.3, 0.4) is 0 Å². The van der Waals surface area contributed by atoms with Gasteiger partial charge in [0.2, 0.25) is 0 Å². The van der Waals surface area contributed by atoms with E-state index in [0.29, 0.717) is 6.04 Å². The van der Waals surface area contributed by atoms with Gasteiger partial charge in [0.05, 0.1) is 23.4 Å². The molecule has 0 spiro atoms. The van der Waals surface area contributed by atoms with Crippen LogP contribution in [0, 0.1) is 0 Å². The van der Waals surface area contributed by atoms with Crippen molar-refractivity contribution in [1.29, 1.82) is 0 Å². The lowest BCUT2D eigenvalue weighted by molar-refractivity contribution is -0.0337. The minimum atomic E-state index is 0.287. The van der Waals surface area contributed by atoms with Crippen LogP contribution in [0.4, 0.5) is 5.69 Å². The molecule has 4 rings (SSSR count). The molecule has 3 heterocycles. The van der Waals surface area contributed by atoms with E-state index in [2.05, 4.69) is 53.4 Å². The highest BCUT2D eigenvalue weighted by molar-refractivity contribution is 6.01. The SMILES string of the molecule is C[C@@H]1CC(Nc2ccc(-c3cccnc3)c3cccnc23)C[C@H](C)O1. The fourth-order valence-corrected chi connectivity index (χ4v) is 3.81. The molecule has 3 atom stereocenters. The Bertz CT molecular complexity index is 855.